The molecule has 46 heavy (non-hydrogen) atoms. The summed E-state index contributed by atoms with van der Waals surface area (Å²) >= 11 is 0. The molecular weight excluding hydrogens is 597 g/mol. The number of hydrogen-bond acceptors (Lipinski definition) is 5. The molecule has 254 valence electrons. The SMILES string of the molecule is C=COC(=O)NC1CN(c2cc(F)c(C3CCC(=C)NC3=O)c(F)c2)C1.CC.CCCC.CCCC(=O)N(C)c1ccc(F)cc1. The zero-order valence-electron chi connectivity index (χ0n) is 27.9. The highest BCUT2D eigenvalue weighted by Gasteiger charge is 2.33. The fourth-order valence-corrected chi connectivity index (χ4v) is 4.38. The van der Waals surface area contributed by atoms with Crippen LogP contribution in [0.15, 0.2) is 61.5 Å². The Bertz CT molecular complexity index is 1270. The zero-order chi connectivity index (χ0) is 34.8. The molecular formula is C35H49F3N4O4. The lowest BCUT2D eigenvalue weighted by atomic mass is 9.88. The van der Waals surface area contributed by atoms with E-state index < -0.39 is 29.6 Å². The molecule has 4 rings (SSSR count). The van der Waals surface area contributed by atoms with Crippen molar-refractivity contribution < 1.29 is 32.3 Å². The first-order valence-electron chi connectivity index (χ1n) is 15.8. The monoisotopic (exact) mass is 646 g/mol. The smallest absolute Gasteiger partial charge is 0.412 e. The standard InChI is InChI=1S/C18H19F2N3O3.C11H14FNO.C4H10.C2H6/c1-3-26-18(25)22-11-8-23(9-11)12-6-14(19)16(15(20)7-12)13-5-4-10(2)21-17(13)24;1-3-4-11(14)13(2)10-7-5-9(12)6-8-10;1-3-4-2;1-2/h3,6-7,11,13H,1-2,4-5,8-9H2,(H,21,24)(H,22,25);5-8H,3-4H2,1-2H3;3-4H2,1-2H3;1-2H3. The summed E-state index contributed by atoms with van der Waals surface area (Å²) in [6, 6.07) is 8.16. The predicted octanol–water partition coefficient (Wildman–Crippen LogP) is 7.95. The van der Waals surface area contributed by atoms with Crippen molar-refractivity contribution in [1.82, 2.24) is 10.6 Å². The molecule has 2 aromatic rings. The molecule has 8 nitrogen and oxygen atoms in total. The number of amides is 3. The molecule has 0 bridgehead atoms. The summed E-state index contributed by atoms with van der Waals surface area (Å²) in [5.74, 6) is -3.05. The van der Waals surface area contributed by atoms with Crippen molar-refractivity contribution >= 4 is 29.3 Å². The molecule has 0 aliphatic carbocycles. The average molecular weight is 647 g/mol. The van der Waals surface area contributed by atoms with Gasteiger partial charge in [0.15, 0.2) is 0 Å². The van der Waals surface area contributed by atoms with Gasteiger partial charge in [0.05, 0.1) is 18.2 Å². The first-order valence-corrected chi connectivity index (χ1v) is 15.8. The van der Waals surface area contributed by atoms with Crippen molar-refractivity contribution in [2.45, 2.75) is 85.1 Å². The molecule has 2 saturated heterocycles. The van der Waals surface area contributed by atoms with Crippen LogP contribution in [0.4, 0.5) is 29.3 Å². The lowest BCUT2D eigenvalue weighted by Gasteiger charge is -2.41. The van der Waals surface area contributed by atoms with Crippen molar-refractivity contribution in [2.24, 2.45) is 0 Å². The summed E-state index contributed by atoms with van der Waals surface area (Å²) in [4.78, 5) is 38.0. The molecule has 1 unspecified atom stereocenters. The molecule has 2 aliphatic heterocycles. The molecule has 0 spiro atoms. The number of allylic oxidation sites excluding steroid dienone is 1. The number of benzene rings is 2. The zero-order valence-corrected chi connectivity index (χ0v) is 27.9. The summed E-state index contributed by atoms with van der Waals surface area (Å²) in [5, 5.41) is 5.14. The van der Waals surface area contributed by atoms with Gasteiger partial charge in [-0.2, -0.15) is 0 Å². The predicted molar refractivity (Wildman–Crippen MR) is 178 cm³/mol. The third kappa shape index (κ3) is 12.3. The molecule has 11 heteroatoms. The molecule has 0 saturated carbocycles. The molecule has 2 fully saturated rings. The van der Waals surface area contributed by atoms with Crippen molar-refractivity contribution in [2.75, 3.05) is 29.9 Å². The van der Waals surface area contributed by atoms with Crippen LogP contribution in [-0.2, 0) is 14.3 Å². The van der Waals surface area contributed by atoms with E-state index >= 15 is 0 Å². The van der Waals surface area contributed by atoms with E-state index in [0.29, 0.717) is 43.7 Å². The second-order valence-electron chi connectivity index (χ2n) is 10.5. The van der Waals surface area contributed by atoms with Gasteiger partial charge in [-0.05, 0) is 55.7 Å². The molecule has 2 aromatic carbocycles. The Morgan fingerprint density at radius 3 is 2.09 bits per heavy atom. The Hall–Kier alpha value is -4.28. The third-order valence-electron chi connectivity index (χ3n) is 7.07. The number of nitrogens with one attached hydrogen (secondary N) is 2. The van der Waals surface area contributed by atoms with Crippen LogP contribution in [0.1, 0.15) is 84.6 Å². The third-order valence-corrected chi connectivity index (χ3v) is 7.07. The minimum absolute atomic E-state index is 0.0547. The van der Waals surface area contributed by atoms with Gasteiger partial charge in [-0.3, -0.25) is 9.59 Å². The van der Waals surface area contributed by atoms with Crippen LogP contribution in [0.2, 0.25) is 0 Å². The number of alkyl carbamates (subject to hydrolysis) is 1. The van der Waals surface area contributed by atoms with E-state index in [1.165, 1.54) is 37.1 Å². The van der Waals surface area contributed by atoms with Crippen LogP contribution in [-0.4, -0.2) is 44.1 Å². The van der Waals surface area contributed by atoms with Gasteiger partial charge < -0.3 is 25.2 Å². The fraction of sp³-hybridized carbons (Fsp3) is 0.457. The van der Waals surface area contributed by atoms with Crippen LogP contribution < -0.4 is 20.4 Å². The molecule has 1 atom stereocenters. The number of carbonyl (C=O) groups is 3. The van der Waals surface area contributed by atoms with Crippen LogP contribution in [0.25, 0.3) is 0 Å². The first-order chi connectivity index (χ1) is 21.9. The van der Waals surface area contributed by atoms with Gasteiger partial charge in [-0.25, -0.2) is 18.0 Å². The Balaban J connectivity index is 0.000000444. The van der Waals surface area contributed by atoms with Crippen LogP contribution in [0.3, 0.4) is 0 Å². The number of carbonyl (C=O) groups excluding carboxylic acids is 3. The van der Waals surface area contributed by atoms with Crippen molar-refractivity contribution in [3.8, 4) is 0 Å². The Morgan fingerprint density at radius 2 is 1.61 bits per heavy atom. The largest absolute Gasteiger partial charge is 0.419 e. The van der Waals surface area contributed by atoms with E-state index in [1.54, 1.807) is 29.0 Å². The Labute approximate surface area is 271 Å². The van der Waals surface area contributed by atoms with E-state index in [-0.39, 0.29) is 23.3 Å². The first kappa shape index (κ1) is 39.7. The summed E-state index contributed by atoms with van der Waals surface area (Å²) in [5.41, 5.74) is 1.42. The van der Waals surface area contributed by atoms with E-state index in [9.17, 15) is 27.6 Å². The van der Waals surface area contributed by atoms with Crippen molar-refractivity contribution in [3.05, 3.63) is 84.5 Å². The second kappa shape index (κ2) is 20.7. The normalized spacial score (nSPS) is 15.2. The second-order valence-corrected chi connectivity index (χ2v) is 10.5. The molecule has 3 amide bonds. The van der Waals surface area contributed by atoms with Gasteiger partial charge in [-0.15, -0.1) is 0 Å². The van der Waals surface area contributed by atoms with E-state index in [4.69, 9.17) is 0 Å². The minimum atomic E-state index is -0.867. The number of rotatable bonds is 8. The number of nitrogens with zero attached hydrogens (tertiary/aromatic N) is 2. The highest BCUT2D eigenvalue weighted by atomic mass is 19.1. The summed E-state index contributed by atoms with van der Waals surface area (Å²) in [7, 11) is 1.70. The number of halogens is 3. The maximum Gasteiger partial charge on any atom is 0.412 e. The lowest BCUT2D eigenvalue weighted by molar-refractivity contribution is -0.123. The summed E-state index contributed by atoms with van der Waals surface area (Å²) in [6.07, 6.45) is 5.18. The molecule has 2 heterocycles. The maximum absolute atomic E-state index is 14.5. The lowest BCUT2D eigenvalue weighted by Crippen LogP contribution is -2.59. The number of piperidine rings is 1. The quantitative estimate of drug-likeness (QED) is 0.284. The van der Waals surface area contributed by atoms with Crippen LogP contribution in [0, 0.1) is 17.5 Å². The van der Waals surface area contributed by atoms with Crippen LogP contribution in [0.5, 0.6) is 0 Å². The van der Waals surface area contributed by atoms with Gasteiger partial charge in [0.25, 0.3) is 0 Å². The average Bonchev–Trinajstić information content (AvgIpc) is 3.01. The van der Waals surface area contributed by atoms with Crippen LogP contribution >= 0.6 is 0 Å². The van der Waals surface area contributed by atoms with E-state index in [1.807, 2.05) is 20.8 Å². The fourth-order valence-electron chi connectivity index (χ4n) is 4.38. The van der Waals surface area contributed by atoms with Gasteiger partial charge in [0.1, 0.15) is 17.5 Å². The van der Waals surface area contributed by atoms with Crippen molar-refractivity contribution in [3.63, 3.8) is 0 Å². The van der Waals surface area contributed by atoms with Gasteiger partial charge >= 0.3 is 6.09 Å². The number of hydrogen-bond donors (Lipinski definition) is 2. The van der Waals surface area contributed by atoms with Gasteiger partial charge in [-0.1, -0.05) is 60.6 Å². The molecule has 0 aromatic heterocycles. The number of anilines is 2. The van der Waals surface area contributed by atoms with Crippen molar-refractivity contribution in [1.29, 1.82) is 0 Å². The molecule has 2 N–H and O–H groups in total. The van der Waals surface area contributed by atoms with Gasteiger partial charge in [0, 0.05) is 49.2 Å². The van der Waals surface area contributed by atoms with E-state index in [2.05, 4.69) is 42.4 Å². The topological polar surface area (TPSA) is 91.0 Å². The molecule has 0 radical (unpaired) electrons. The Kier molecular flexibility index (Phi) is 17.9. The molecule has 2 aliphatic rings. The highest BCUT2D eigenvalue weighted by molar-refractivity contribution is 5.92. The summed E-state index contributed by atoms with van der Waals surface area (Å²) in [6.45, 7) is 18.1. The van der Waals surface area contributed by atoms with E-state index in [0.717, 1.165) is 18.4 Å². The Morgan fingerprint density at radius 1 is 1.04 bits per heavy atom. The summed E-state index contributed by atoms with van der Waals surface area (Å²) < 4.78 is 46.2. The number of ether oxygens (including phenoxy) is 1. The van der Waals surface area contributed by atoms with Gasteiger partial charge in [0.2, 0.25) is 11.8 Å². The highest BCUT2D eigenvalue weighted by Crippen LogP contribution is 2.34. The maximum atomic E-state index is 14.5. The number of unbranched alkanes of at least 4 members (excludes halogenated alkanes) is 1. The minimum Gasteiger partial charge on any atom is -0.419 e.